The van der Waals surface area contributed by atoms with E-state index in [-0.39, 0.29) is 24.2 Å². The van der Waals surface area contributed by atoms with Crippen LogP contribution in [0.5, 0.6) is 5.88 Å². The number of ether oxygens (including phenoxy) is 2. The van der Waals surface area contributed by atoms with Crippen molar-refractivity contribution in [1.29, 1.82) is 0 Å². The zero-order valence-electron chi connectivity index (χ0n) is 24.3. The zero-order valence-corrected chi connectivity index (χ0v) is 25.0. The molecular weight excluding hydrogens is 628 g/mol. The van der Waals surface area contributed by atoms with Gasteiger partial charge in [-0.25, -0.2) is 14.4 Å². The first-order chi connectivity index (χ1) is 22.2. The third-order valence-electron chi connectivity index (χ3n) is 8.05. The van der Waals surface area contributed by atoms with Crippen LogP contribution in [0.1, 0.15) is 35.6 Å². The first-order valence-corrected chi connectivity index (χ1v) is 15.0. The zero-order chi connectivity index (χ0) is 31.8. The summed E-state index contributed by atoms with van der Waals surface area (Å²) in [5.41, 5.74) is 3.87. The van der Waals surface area contributed by atoms with Gasteiger partial charge >= 0.3 is 6.18 Å². The molecule has 4 aromatic heterocycles. The number of nitrogens with zero attached hydrogens (tertiary/aromatic N) is 7. The van der Waals surface area contributed by atoms with E-state index in [2.05, 4.69) is 40.7 Å². The maximum atomic E-state index is 14.3. The van der Waals surface area contributed by atoms with Gasteiger partial charge in [-0.15, -0.1) is 10.2 Å². The molecule has 0 amide bonds. The summed E-state index contributed by atoms with van der Waals surface area (Å²) in [6.45, 7) is 3.22. The Bertz CT molecular complexity index is 1920. The van der Waals surface area contributed by atoms with Crippen LogP contribution in [-0.2, 0) is 30.6 Å². The van der Waals surface area contributed by atoms with E-state index < -0.39 is 17.8 Å². The van der Waals surface area contributed by atoms with Crippen LogP contribution < -0.4 is 4.74 Å². The first kappa shape index (κ1) is 30.3. The number of pyridine rings is 2. The molecule has 0 unspecified atom stereocenters. The maximum Gasteiger partial charge on any atom is 0.451 e. The Morgan fingerprint density at radius 2 is 2.00 bits per heavy atom. The third kappa shape index (κ3) is 6.32. The van der Waals surface area contributed by atoms with Crippen LogP contribution in [0.2, 0.25) is 5.02 Å². The Hall–Kier alpha value is -4.40. The number of benzene rings is 1. The molecule has 5 aromatic rings. The summed E-state index contributed by atoms with van der Waals surface area (Å²) < 4.78 is 67.2. The molecule has 10 nitrogen and oxygen atoms in total. The van der Waals surface area contributed by atoms with Gasteiger partial charge in [0.25, 0.3) is 0 Å². The third-order valence-corrected chi connectivity index (χ3v) is 8.28. The molecule has 0 saturated carbocycles. The average Bonchev–Trinajstić information content (AvgIpc) is 3.64. The van der Waals surface area contributed by atoms with Crippen molar-refractivity contribution in [1.82, 2.24) is 39.6 Å². The van der Waals surface area contributed by atoms with Gasteiger partial charge in [0.2, 0.25) is 11.7 Å². The van der Waals surface area contributed by atoms with Crippen LogP contribution in [0.3, 0.4) is 0 Å². The molecule has 1 N–H and O–H groups in total. The lowest BCUT2D eigenvalue weighted by atomic mass is 10.0. The quantitative estimate of drug-likeness (QED) is 0.191. The highest BCUT2D eigenvalue weighted by molar-refractivity contribution is 6.30. The van der Waals surface area contributed by atoms with Gasteiger partial charge < -0.3 is 19.0 Å². The lowest BCUT2D eigenvalue weighted by molar-refractivity contribution is -0.144. The minimum Gasteiger partial charge on any atom is -0.472 e. The molecule has 7 rings (SSSR count). The highest BCUT2D eigenvalue weighted by Gasteiger charge is 2.35. The van der Waals surface area contributed by atoms with Crippen molar-refractivity contribution in [3.63, 3.8) is 0 Å². The van der Waals surface area contributed by atoms with E-state index in [1.165, 1.54) is 6.07 Å². The van der Waals surface area contributed by atoms with E-state index >= 15 is 0 Å². The van der Waals surface area contributed by atoms with Crippen molar-refractivity contribution < 1.29 is 27.0 Å². The number of rotatable bonds is 9. The fourth-order valence-electron chi connectivity index (χ4n) is 5.50. The predicted molar refractivity (Wildman–Crippen MR) is 160 cm³/mol. The Morgan fingerprint density at radius 1 is 1.13 bits per heavy atom. The molecule has 6 heterocycles. The fourth-order valence-corrected chi connectivity index (χ4v) is 5.66. The number of aromatic amines is 1. The van der Waals surface area contributed by atoms with E-state index in [1.807, 2.05) is 12.1 Å². The summed E-state index contributed by atoms with van der Waals surface area (Å²) in [4.78, 5) is 18.1. The highest BCUT2D eigenvalue weighted by Crippen LogP contribution is 2.31. The number of imidazole rings is 1. The summed E-state index contributed by atoms with van der Waals surface area (Å²) in [7, 11) is 0. The van der Waals surface area contributed by atoms with Gasteiger partial charge in [0.05, 0.1) is 36.4 Å². The Morgan fingerprint density at radius 3 is 2.72 bits per heavy atom. The molecule has 0 spiro atoms. The van der Waals surface area contributed by atoms with Gasteiger partial charge in [-0.2, -0.15) is 13.2 Å². The topological polar surface area (TPSA) is 107 Å². The van der Waals surface area contributed by atoms with Crippen molar-refractivity contribution in [3.05, 3.63) is 88.5 Å². The average molecular weight is 655 g/mol. The molecule has 1 aromatic carbocycles. The lowest BCUT2D eigenvalue weighted by Gasteiger charge is -2.29. The molecule has 2 aliphatic rings. The molecule has 1 atom stereocenters. The minimum atomic E-state index is -4.64. The molecule has 46 heavy (non-hydrogen) atoms. The number of halogens is 5. The minimum absolute atomic E-state index is 0.0177. The van der Waals surface area contributed by atoms with Crippen LogP contribution in [0.15, 0.2) is 54.9 Å². The summed E-state index contributed by atoms with van der Waals surface area (Å²) >= 11 is 5.87. The standard InChI is InChI=1S/C31H27ClF4N8O2/c32-20-4-3-19(23(33)12-20)17-46-29-22(2-1-8-37-29)18-5-9-43(10-6-18)16-27-39-24-13-25(28-40-30(42-41-28)31(34,35)36)38-14-26(24)44(27)15-21-7-11-45-21/h1-5,8,12-14,21H,6-7,9-11,15-17H2,(H,40,41,42)/t21-/m0/s1. The summed E-state index contributed by atoms with van der Waals surface area (Å²) in [5.74, 6) is -0.483. The highest BCUT2D eigenvalue weighted by atomic mass is 35.5. The van der Waals surface area contributed by atoms with Gasteiger partial charge in [-0.05, 0) is 48.7 Å². The van der Waals surface area contributed by atoms with Gasteiger partial charge in [-0.1, -0.05) is 23.7 Å². The van der Waals surface area contributed by atoms with Crippen molar-refractivity contribution in [2.24, 2.45) is 0 Å². The molecular formula is C31H27ClF4N8O2. The Balaban J connectivity index is 1.09. The molecule has 1 saturated heterocycles. The van der Waals surface area contributed by atoms with E-state index in [0.717, 1.165) is 41.9 Å². The monoisotopic (exact) mass is 654 g/mol. The van der Waals surface area contributed by atoms with Crippen molar-refractivity contribution in [2.45, 2.75) is 44.8 Å². The molecule has 2 aliphatic heterocycles. The molecule has 0 bridgehead atoms. The smallest absolute Gasteiger partial charge is 0.451 e. The van der Waals surface area contributed by atoms with Gasteiger partial charge in [0.15, 0.2) is 5.82 Å². The van der Waals surface area contributed by atoms with Crippen LogP contribution in [0.25, 0.3) is 28.1 Å². The Labute approximate surface area is 265 Å². The number of hydrogen-bond donors (Lipinski definition) is 1. The number of fused-ring (bicyclic) bond motifs is 1. The molecule has 0 aliphatic carbocycles. The van der Waals surface area contributed by atoms with Crippen molar-refractivity contribution in [2.75, 3.05) is 19.7 Å². The van der Waals surface area contributed by atoms with Crippen LogP contribution >= 0.6 is 11.6 Å². The maximum absolute atomic E-state index is 14.3. The van der Waals surface area contributed by atoms with Gasteiger partial charge in [0.1, 0.15) is 23.9 Å². The summed E-state index contributed by atoms with van der Waals surface area (Å²) in [5, 5.41) is 7.16. The summed E-state index contributed by atoms with van der Waals surface area (Å²) in [6, 6.07) is 9.87. The second-order valence-corrected chi connectivity index (χ2v) is 11.5. The number of aromatic nitrogens is 7. The first-order valence-electron chi connectivity index (χ1n) is 14.6. The van der Waals surface area contributed by atoms with Crippen molar-refractivity contribution >= 4 is 28.2 Å². The summed E-state index contributed by atoms with van der Waals surface area (Å²) in [6.07, 6.45) is 2.43. The van der Waals surface area contributed by atoms with Crippen LogP contribution in [0.4, 0.5) is 17.6 Å². The number of hydrogen-bond acceptors (Lipinski definition) is 8. The fraction of sp³-hybridized carbons (Fsp3) is 0.323. The number of alkyl halides is 3. The van der Waals surface area contributed by atoms with Gasteiger partial charge in [-0.3, -0.25) is 9.88 Å². The van der Waals surface area contributed by atoms with Crippen molar-refractivity contribution in [3.8, 4) is 17.4 Å². The van der Waals surface area contributed by atoms with Crippen LogP contribution in [0, 0.1) is 5.82 Å². The van der Waals surface area contributed by atoms with E-state index in [9.17, 15) is 17.6 Å². The van der Waals surface area contributed by atoms with E-state index in [1.54, 1.807) is 30.6 Å². The molecule has 238 valence electrons. The number of nitrogens with one attached hydrogen (secondary N) is 1. The second kappa shape index (κ2) is 12.4. The van der Waals surface area contributed by atoms with Crippen LogP contribution in [-0.4, -0.2) is 65.4 Å². The number of H-pyrrole nitrogens is 1. The SMILES string of the molecule is Fc1cc(Cl)ccc1COc1ncccc1C1=CCN(Cc2nc3cc(-c4nnc(C(F)(F)F)[nH]4)ncc3n2C[C@@H]2CCO2)CC1. The lowest BCUT2D eigenvalue weighted by Crippen LogP contribution is -2.33. The molecule has 15 heteroatoms. The van der Waals surface area contributed by atoms with E-state index in [4.69, 9.17) is 26.1 Å². The predicted octanol–water partition coefficient (Wildman–Crippen LogP) is 6.08. The van der Waals surface area contributed by atoms with E-state index in [0.29, 0.717) is 48.2 Å². The molecule has 1 fully saturated rings. The van der Waals surface area contributed by atoms with Gasteiger partial charge in [0, 0.05) is 42.0 Å². The largest absolute Gasteiger partial charge is 0.472 e. The normalized spacial score (nSPS) is 17.2. The second-order valence-electron chi connectivity index (χ2n) is 11.1. The molecule has 0 radical (unpaired) electrons. The Kier molecular flexibility index (Phi) is 8.17.